The average molecular weight is 372 g/mol. The van der Waals surface area contributed by atoms with E-state index in [4.69, 9.17) is 4.74 Å². The van der Waals surface area contributed by atoms with E-state index >= 15 is 0 Å². The number of rotatable bonds is 2. The fourth-order valence-corrected chi connectivity index (χ4v) is 4.51. The van der Waals surface area contributed by atoms with Gasteiger partial charge in [0, 0.05) is 37.7 Å². The fraction of sp³-hybridized carbons (Fsp3) is 0.556. The number of carbonyl (C=O) groups is 3. The zero-order chi connectivity index (χ0) is 18.8. The Hall–Kier alpha value is -2.52. The topological polar surface area (TPSA) is 110 Å². The Bertz CT molecular complexity index is 919. The predicted octanol–water partition coefficient (Wildman–Crippen LogP) is -1.09. The number of hydrogen-bond acceptors (Lipinski definition) is 6. The molecule has 3 saturated heterocycles. The van der Waals surface area contributed by atoms with Crippen LogP contribution in [0.15, 0.2) is 17.1 Å². The number of nitrogens with zero attached hydrogens (tertiary/aromatic N) is 2. The standard InChI is InChI=1S/C18H20N4O5/c23-14-2-1-13(15(24)20-14)22-6-12-11(16(22)25)3-4-21(17(12)26)10-5-18(27-7-10)8-19-9-18/h3-4,10,13,19H,1-2,5-9H2,(H,20,23,24)/t10-,13+/m1/s1. The second kappa shape index (κ2) is 5.74. The van der Waals surface area contributed by atoms with Gasteiger partial charge >= 0.3 is 0 Å². The molecule has 9 nitrogen and oxygen atoms in total. The minimum Gasteiger partial charge on any atom is -0.370 e. The van der Waals surface area contributed by atoms with E-state index in [9.17, 15) is 19.2 Å². The maximum atomic E-state index is 13.0. The normalized spacial score (nSPS) is 29.0. The number of pyridine rings is 1. The van der Waals surface area contributed by atoms with E-state index < -0.39 is 11.9 Å². The molecule has 0 unspecified atom stereocenters. The molecule has 4 aliphatic heterocycles. The van der Waals surface area contributed by atoms with Gasteiger partial charge in [-0.05, 0) is 12.5 Å². The van der Waals surface area contributed by atoms with E-state index in [-0.39, 0.29) is 48.4 Å². The number of imide groups is 1. The maximum Gasteiger partial charge on any atom is 0.256 e. The Morgan fingerprint density at radius 1 is 1.19 bits per heavy atom. The molecule has 2 atom stereocenters. The molecular formula is C18H20N4O5. The highest BCUT2D eigenvalue weighted by atomic mass is 16.5. The van der Waals surface area contributed by atoms with E-state index in [0.717, 1.165) is 19.5 Å². The first-order chi connectivity index (χ1) is 13.0. The fourth-order valence-electron chi connectivity index (χ4n) is 4.51. The van der Waals surface area contributed by atoms with E-state index in [2.05, 4.69) is 10.6 Å². The molecule has 27 heavy (non-hydrogen) atoms. The smallest absolute Gasteiger partial charge is 0.256 e. The quantitative estimate of drug-likeness (QED) is 0.639. The van der Waals surface area contributed by atoms with Crippen molar-refractivity contribution in [1.82, 2.24) is 20.1 Å². The van der Waals surface area contributed by atoms with Gasteiger partial charge in [0.1, 0.15) is 6.04 Å². The summed E-state index contributed by atoms with van der Waals surface area (Å²) in [5, 5.41) is 5.47. The predicted molar refractivity (Wildman–Crippen MR) is 92.0 cm³/mol. The summed E-state index contributed by atoms with van der Waals surface area (Å²) < 4.78 is 7.55. The van der Waals surface area contributed by atoms with Gasteiger partial charge in [0.05, 0.1) is 30.4 Å². The van der Waals surface area contributed by atoms with Gasteiger partial charge in [-0.2, -0.15) is 0 Å². The van der Waals surface area contributed by atoms with Crippen molar-refractivity contribution in [3.05, 3.63) is 33.7 Å². The highest BCUT2D eigenvalue weighted by Crippen LogP contribution is 2.35. The van der Waals surface area contributed by atoms with Crippen LogP contribution in [0, 0.1) is 0 Å². The number of fused-ring (bicyclic) bond motifs is 1. The molecule has 3 fully saturated rings. The molecule has 0 saturated carbocycles. The lowest BCUT2D eigenvalue weighted by molar-refractivity contribution is -0.136. The third-order valence-electron chi connectivity index (χ3n) is 6.10. The van der Waals surface area contributed by atoms with Crippen LogP contribution < -0.4 is 16.2 Å². The highest BCUT2D eigenvalue weighted by molar-refractivity contribution is 6.05. The van der Waals surface area contributed by atoms with Crippen molar-refractivity contribution in [3.8, 4) is 0 Å². The molecule has 5 rings (SSSR count). The number of aromatic nitrogens is 1. The summed E-state index contributed by atoms with van der Waals surface area (Å²) in [6, 6.07) is 0.897. The van der Waals surface area contributed by atoms with Gasteiger partial charge in [-0.3, -0.25) is 24.5 Å². The number of amides is 3. The maximum absolute atomic E-state index is 13.0. The first-order valence-corrected chi connectivity index (χ1v) is 9.21. The van der Waals surface area contributed by atoms with Crippen molar-refractivity contribution < 1.29 is 19.1 Å². The van der Waals surface area contributed by atoms with Crippen LogP contribution in [0.3, 0.4) is 0 Å². The lowest BCUT2D eigenvalue weighted by Crippen LogP contribution is -2.59. The van der Waals surface area contributed by atoms with Gasteiger partial charge in [-0.1, -0.05) is 0 Å². The molecule has 1 aromatic heterocycles. The number of nitrogens with one attached hydrogen (secondary N) is 2. The van der Waals surface area contributed by atoms with Crippen LogP contribution in [-0.4, -0.2) is 58.5 Å². The van der Waals surface area contributed by atoms with Crippen LogP contribution in [0.25, 0.3) is 0 Å². The van der Waals surface area contributed by atoms with Crippen molar-refractivity contribution >= 4 is 17.7 Å². The molecule has 1 aromatic rings. The summed E-state index contributed by atoms with van der Waals surface area (Å²) in [6.45, 7) is 2.17. The number of piperidine rings is 1. The van der Waals surface area contributed by atoms with E-state index in [1.807, 2.05) is 0 Å². The monoisotopic (exact) mass is 372 g/mol. The van der Waals surface area contributed by atoms with Crippen LogP contribution in [0.1, 0.15) is 41.2 Å². The summed E-state index contributed by atoms with van der Waals surface area (Å²) >= 11 is 0. The summed E-state index contributed by atoms with van der Waals surface area (Å²) in [7, 11) is 0. The minimum atomic E-state index is -0.713. The van der Waals surface area contributed by atoms with Crippen molar-refractivity contribution in [2.75, 3.05) is 19.7 Å². The van der Waals surface area contributed by atoms with E-state index in [1.165, 1.54) is 4.90 Å². The number of carbonyl (C=O) groups excluding carboxylic acids is 3. The largest absolute Gasteiger partial charge is 0.370 e. The third-order valence-corrected chi connectivity index (χ3v) is 6.10. The average Bonchev–Trinajstić information content (AvgIpc) is 3.19. The van der Waals surface area contributed by atoms with Gasteiger partial charge in [0.25, 0.3) is 11.5 Å². The van der Waals surface area contributed by atoms with E-state index in [1.54, 1.807) is 16.8 Å². The lowest BCUT2D eigenvalue weighted by atomic mass is 9.92. The third kappa shape index (κ3) is 2.45. The zero-order valence-electron chi connectivity index (χ0n) is 14.7. The molecule has 142 valence electrons. The van der Waals surface area contributed by atoms with Gasteiger partial charge in [0.15, 0.2) is 0 Å². The van der Waals surface area contributed by atoms with Gasteiger partial charge in [-0.15, -0.1) is 0 Å². The van der Waals surface area contributed by atoms with Crippen LogP contribution in [0.2, 0.25) is 0 Å². The molecule has 3 amide bonds. The SMILES string of the molecule is O=C1CC[C@H](N2Cc3c(ccn([C@H]4COC5(CNC5)C4)c3=O)C2=O)C(=O)N1. The molecule has 4 aliphatic rings. The number of hydrogen-bond donors (Lipinski definition) is 2. The van der Waals surface area contributed by atoms with Gasteiger partial charge in [0.2, 0.25) is 11.8 Å². The molecule has 0 aromatic carbocycles. The van der Waals surface area contributed by atoms with Crippen LogP contribution >= 0.6 is 0 Å². The van der Waals surface area contributed by atoms with E-state index in [0.29, 0.717) is 17.7 Å². The van der Waals surface area contributed by atoms with Crippen molar-refractivity contribution in [2.45, 2.75) is 43.5 Å². The molecule has 9 heteroatoms. The highest BCUT2D eigenvalue weighted by Gasteiger charge is 2.46. The van der Waals surface area contributed by atoms with Crippen molar-refractivity contribution in [1.29, 1.82) is 0 Å². The first-order valence-electron chi connectivity index (χ1n) is 9.21. The first kappa shape index (κ1) is 16.6. The summed E-state index contributed by atoms with van der Waals surface area (Å²) in [4.78, 5) is 50.7. The molecule has 2 N–H and O–H groups in total. The molecule has 0 radical (unpaired) electrons. The van der Waals surface area contributed by atoms with Crippen molar-refractivity contribution in [3.63, 3.8) is 0 Å². The minimum absolute atomic E-state index is 0.0512. The second-order valence-corrected chi connectivity index (χ2v) is 7.78. The van der Waals surface area contributed by atoms with Crippen LogP contribution in [0.5, 0.6) is 0 Å². The zero-order valence-corrected chi connectivity index (χ0v) is 14.7. The molecule has 0 bridgehead atoms. The molecule has 0 aliphatic carbocycles. The second-order valence-electron chi connectivity index (χ2n) is 7.78. The molecule has 5 heterocycles. The Morgan fingerprint density at radius 2 is 2.00 bits per heavy atom. The Morgan fingerprint density at radius 3 is 2.67 bits per heavy atom. The van der Waals surface area contributed by atoms with Crippen molar-refractivity contribution in [2.24, 2.45) is 0 Å². The summed E-state index contributed by atoms with van der Waals surface area (Å²) in [6.07, 6.45) is 2.90. The number of ether oxygens (including phenoxy) is 1. The Balaban J connectivity index is 1.42. The summed E-state index contributed by atoms with van der Waals surface area (Å²) in [5.41, 5.74) is 0.394. The molecular weight excluding hydrogens is 352 g/mol. The Kier molecular flexibility index (Phi) is 3.54. The summed E-state index contributed by atoms with van der Waals surface area (Å²) in [5.74, 6) is -1.13. The Labute approximate surface area is 154 Å². The lowest BCUT2D eigenvalue weighted by Gasteiger charge is -2.38. The van der Waals surface area contributed by atoms with Crippen LogP contribution in [0.4, 0.5) is 0 Å². The van der Waals surface area contributed by atoms with Crippen LogP contribution in [-0.2, 0) is 20.9 Å². The van der Waals surface area contributed by atoms with Gasteiger partial charge in [-0.25, -0.2) is 0 Å². The van der Waals surface area contributed by atoms with Gasteiger partial charge < -0.3 is 19.5 Å². The molecule has 1 spiro atoms.